The van der Waals surface area contributed by atoms with Crippen LogP contribution in [0.4, 0.5) is 34.1 Å². The Hall–Kier alpha value is -9.90. The van der Waals surface area contributed by atoms with Crippen LogP contribution in [-0.2, 0) is 10.8 Å². The molecule has 14 rings (SSSR count). The summed E-state index contributed by atoms with van der Waals surface area (Å²) in [6.07, 6.45) is 2.26. The summed E-state index contributed by atoms with van der Waals surface area (Å²) in [5, 5.41) is 6.47. The lowest BCUT2D eigenvalue weighted by molar-refractivity contribution is 0.283. The Balaban J connectivity index is 0.724. The van der Waals surface area contributed by atoms with Crippen molar-refractivity contribution in [3.8, 4) is 44.5 Å². The maximum absolute atomic E-state index is 6.86. The van der Waals surface area contributed by atoms with E-state index in [0.29, 0.717) is 0 Å². The molecule has 0 amide bonds. The zero-order valence-corrected chi connectivity index (χ0v) is 55.4. The van der Waals surface area contributed by atoms with E-state index in [1.807, 2.05) is 0 Å². The third kappa shape index (κ3) is 11.9. The number of benzene rings is 12. The number of aryl methyl sites for hydroxylation is 2. The fraction of sp³-hybridized carbons (Fsp3) is 0.205. The predicted molar refractivity (Wildman–Crippen MR) is 393 cm³/mol. The average Bonchev–Trinajstić information content (AvgIpc) is 1.58. The lowest BCUT2D eigenvalue weighted by Gasteiger charge is -2.33. The van der Waals surface area contributed by atoms with Crippen molar-refractivity contribution in [2.45, 2.75) is 107 Å². The Bertz CT molecular complexity index is 5010. The first-order chi connectivity index (χ1) is 44.1. The van der Waals surface area contributed by atoms with E-state index in [9.17, 15) is 0 Å². The van der Waals surface area contributed by atoms with Crippen LogP contribution in [0.5, 0.6) is 0 Å². The minimum Gasteiger partial charge on any atom is -0.456 e. The van der Waals surface area contributed by atoms with Crippen LogP contribution >= 0.6 is 0 Å². The normalized spacial score (nSPS) is 12.4. The van der Waals surface area contributed by atoms with Crippen LogP contribution in [0.3, 0.4) is 0 Å². The summed E-state index contributed by atoms with van der Waals surface area (Å²) >= 11 is 0. The predicted octanol–water partition coefficient (Wildman–Crippen LogP) is 26.3. The summed E-state index contributed by atoms with van der Waals surface area (Å²) in [6, 6.07) is 93.6. The fourth-order valence-electron chi connectivity index (χ4n) is 15.0. The van der Waals surface area contributed by atoms with Crippen molar-refractivity contribution >= 4 is 88.8 Å². The molecule has 0 atom stereocenters. The molecule has 92 heavy (non-hydrogen) atoms. The van der Waals surface area contributed by atoms with Gasteiger partial charge in [-0.05, 0) is 211 Å². The summed E-state index contributed by atoms with van der Waals surface area (Å²) in [7, 11) is 0. The van der Waals surface area contributed by atoms with Crippen LogP contribution in [0, 0.1) is 24.7 Å². The van der Waals surface area contributed by atoms with Crippen molar-refractivity contribution in [1.29, 1.82) is 0 Å². The van der Waals surface area contributed by atoms with Gasteiger partial charge >= 0.3 is 0 Å². The summed E-state index contributed by atoms with van der Waals surface area (Å²) < 4.78 is 13.7. The molecule has 4 nitrogen and oxygen atoms in total. The lowest BCUT2D eigenvalue weighted by Crippen LogP contribution is -2.24. The van der Waals surface area contributed by atoms with Crippen molar-refractivity contribution in [1.82, 2.24) is 0 Å². The monoisotopic (exact) mass is 1200 g/mol. The van der Waals surface area contributed by atoms with Crippen LogP contribution < -0.4 is 9.80 Å². The van der Waals surface area contributed by atoms with Gasteiger partial charge in [0, 0.05) is 67.8 Å². The highest BCUT2D eigenvalue weighted by Crippen LogP contribution is 2.45. The van der Waals surface area contributed by atoms with Crippen LogP contribution in [0.15, 0.2) is 264 Å². The number of hydrogen-bond acceptors (Lipinski definition) is 4. The molecule has 456 valence electrons. The molecular formula is C88H82N2O2. The lowest BCUT2D eigenvalue weighted by atomic mass is 9.72. The van der Waals surface area contributed by atoms with Gasteiger partial charge in [0.15, 0.2) is 0 Å². The second-order valence-corrected chi connectivity index (χ2v) is 29.6. The summed E-state index contributed by atoms with van der Waals surface area (Å²) in [5.74, 6) is 0. The summed E-state index contributed by atoms with van der Waals surface area (Å²) in [5.41, 5.74) is 25.3. The maximum Gasteiger partial charge on any atom is 0.137 e. The molecule has 0 N–H and O–H groups in total. The molecular weight excluding hydrogens is 1120 g/mol. The van der Waals surface area contributed by atoms with Gasteiger partial charge < -0.3 is 18.6 Å². The Labute approximate surface area is 543 Å². The van der Waals surface area contributed by atoms with E-state index in [-0.39, 0.29) is 21.7 Å². The Morgan fingerprint density at radius 3 is 0.989 bits per heavy atom. The number of nitrogens with zero attached hydrogens (tertiary/aromatic N) is 2. The molecule has 0 radical (unpaired) electrons. The second-order valence-electron chi connectivity index (χ2n) is 29.6. The number of rotatable bonds is 14. The van der Waals surface area contributed by atoms with E-state index < -0.39 is 0 Å². The van der Waals surface area contributed by atoms with Crippen LogP contribution in [0.1, 0.15) is 104 Å². The molecule has 0 bridgehead atoms. The Kier molecular flexibility index (Phi) is 15.0. The number of para-hydroxylation sites is 1. The van der Waals surface area contributed by atoms with Crippen molar-refractivity contribution in [2.75, 3.05) is 9.80 Å². The number of anilines is 6. The topological polar surface area (TPSA) is 32.8 Å². The summed E-state index contributed by atoms with van der Waals surface area (Å²) in [4.78, 5) is 4.66. The molecule has 4 heteroatoms. The molecule has 0 aliphatic heterocycles. The van der Waals surface area contributed by atoms with E-state index in [0.717, 1.165) is 102 Å². The quantitative estimate of drug-likeness (QED) is 0.109. The number of fused-ring (bicyclic) bond motifs is 7. The average molecular weight is 1200 g/mol. The zero-order chi connectivity index (χ0) is 63.8. The largest absolute Gasteiger partial charge is 0.456 e. The fourth-order valence-corrected chi connectivity index (χ4v) is 15.0. The van der Waals surface area contributed by atoms with Gasteiger partial charge in [-0.3, -0.25) is 0 Å². The van der Waals surface area contributed by atoms with Crippen LogP contribution in [0.2, 0.25) is 0 Å². The van der Waals surface area contributed by atoms with Gasteiger partial charge in [-0.2, -0.15) is 0 Å². The zero-order valence-electron chi connectivity index (χ0n) is 55.4. The third-order valence-corrected chi connectivity index (χ3v) is 18.7. The SMILES string of the molecule is Cc1ccc(N(c2ccc(-c3ccc(-c4ccc(C(C)(C)CC(C)(C)C)cc4)cc3)cc2)c2ccc3c(c2)oc2cc4cc5c(cc4cc23)oc2cc(N(c3ccccc3)c3ccc(-c4ccc(-c6ccc(C(C)(C)CC(C)(C)C)cc6)cc4)cc3)ccc25)c(C)c1. The van der Waals surface area contributed by atoms with Gasteiger partial charge in [0.1, 0.15) is 22.3 Å². The molecule has 0 saturated carbocycles. The third-order valence-electron chi connectivity index (χ3n) is 18.7. The smallest absolute Gasteiger partial charge is 0.137 e. The first-order valence-electron chi connectivity index (χ1n) is 32.7. The second kappa shape index (κ2) is 23.1. The molecule has 0 aliphatic carbocycles. The maximum atomic E-state index is 6.86. The first-order valence-corrected chi connectivity index (χ1v) is 32.7. The Morgan fingerprint density at radius 2 is 0.609 bits per heavy atom. The first kappa shape index (κ1) is 59.7. The highest BCUT2D eigenvalue weighted by atomic mass is 16.3. The molecule has 0 unspecified atom stereocenters. The molecule has 0 saturated heterocycles. The van der Waals surface area contributed by atoms with Crippen LogP contribution in [0.25, 0.3) is 99.2 Å². The van der Waals surface area contributed by atoms with Crippen molar-refractivity contribution in [2.24, 2.45) is 10.8 Å². The molecule has 0 fully saturated rings. The van der Waals surface area contributed by atoms with E-state index in [1.54, 1.807) is 0 Å². The minimum absolute atomic E-state index is 0.110. The molecule has 0 aliphatic rings. The van der Waals surface area contributed by atoms with E-state index in [4.69, 9.17) is 8.83 Å². The van der Waals surface area contributed by atoms with Crippen LogP contribution in [-0.4, -0.2) is 0 Å². The van der Waals surface area contributed by atoms with Gasteiger partial charge in [0.2, 0.25) is 0 Å². The summed E-state index contributed by atoms with van der Waals surface area (Å²) in [6.45, 7) is 27.7. The van der Waals surface area contributed by atoms with Crippen molar-refractivity contribution in [3.63, 3.8) is 0 Å². The molecule has 14 aromatic rings. The molecule has 0 spiro atoms. The van der Waals surface area contributed by atoms with Gasteiger partial charge in [-0.15, -0.1) is 0 Å². The van der Waals surface area contributed by atoms with Gasteiger partial charge in [-0.1, -0.05) is 226 Å². The van der Waals surface area contributed by atoms with Gasteiger partial charge in [-0.25, -0.2) is 0 Å². The van der Waals surface area contributed by atoms with E-state index in [2.05, 4.69) is 348 Å². The van der Waals surface area contributed by atoms with Gasteiger partial charge in [0.05, 0.1) is 0 Å². The highest BCUT2D eigenvalue weighted by Gasteiger charge is 2.29. The standard InChI is InChI=1S/C88H82N2O2/c1-57-18-47-80(58(2)48-57)90(73-41-33-66(34-42-73)62-25-21-60(22-26-62)64-29-37-70(38-30-64)88(11,12)56-86(6,7)8)75-44-46-77-79-50-68-51-81-78(49-67(68)52-82(79)92-84(77)54-75)76-45-43-74(53-83(76)91-81)89(71-16-14-13-15-17-71)72-39-31-65(32-40-72)61-23-19-59(20-24-61)63-27-35-69(36-28-63)87(9,10)55-85(3,4)5/h13-54H,55-56H2,1-12H3. The molecule has 2 heterocycles. The van der Waals surface area contributed by atoms with Crippen molar-refractivity contribution < 1.29 is 8.83 Å². The molecule has 12 aromatic carbocycles. The van der Waals surface area contributed by atoms with Crippen molar-refractivity contribution in [3.05, 3.63) is 277 Å². The number of hydrogen-bond donors (Lipinski definition) is 0. The van der Waals surface area contributed by atoms with Gasteiger partial charge in [0.25, 0.3) is 0 Å². The number of furan rings is 2. The van der Waals surface area contributed by atoms with E-state index >= 15 is 0 Å². The minimum atomic E-state index is 0.110. The Morgan fingerprint density at radius 1 is 0.283 bits per heavy atom. The van der Waals surface area contributed by atoms with E-state index in [1.165, 1.54) is 66.8 Å². The highest BCUT2D eigenvalue weighted by molar-refractivity contribution is 6.16. The molecule has 2 aromatic heterocycles.